The maximum Gasteiger partial charge on any atom is 0.331 e. The first-order valence-corrected chi connectivity index (χ1v) is 15.6. The SMILES string of the molecule is CC(=O)O[C@H]1C[C@@]2(C)[C@@H](C[C@@H](O)[C@H]3[C@@]4(C)CC[C@@H](O)[C@@H](N)[C@@H]4CC[C@@]32N)/C1=C(\CCC=C1CCCCC1)C(=O)O. The van der Waals surface area contributed by atoms with E-state index in [0.29, 0.717) is 49.7 Å². The number of carbonyl (C=O) groups is 2. The smallest absolute Gasteiger partial charge is 0.331 e. The summed E-state index contributed by atoms with van der Waals surface area (Å²) < 4.78 is 5.87. The summed E-state index contributed by atoms with van der Waals surface area (Å²) in [5.41, 5.74) is 14.7. The summed E-state index contributed by atoms with van der Waals surface area (Å²) >= 11 is 0. The molecule has 10 atom stereocenters. The van der Waals surface area contributed by atoms with Crippen molar-refractivity contribution in [1.29, 1.82) is 0 Å². The monoisotopic (exact) mass is 558 g/mol. The van der Waals surface area contributed by atoms with Gasteiger partial charge in [-0.05, 0) is 105 Å². The molecule has 0 aliphatic heterocycles. The van der Waals surface area contributed by atoms with Crippen molar-refractivity contribution in [2.45, 2.75) is 134 Å². The van der Waals surface area contributed by atoms with Gasteiger partial charge < -0.3 is 31.5 Å². The summed E-state index contributed by atoms with van der Waals surface area (Å²) in [6, 6.07) is -0.356. The first-order valence-electron chi connectivity index (χ1n) is 15.6. The average Bonchev–Trinajstić information content (AvgIpc) is 3.16. The lowest BCUT2D eigenvalue weighted by Crippen LogP contribution is -2.75. The molecule has 5 aliphatic rings. The Morgan fingerprint density at radius 3 is 2.42 bits per heavy atom. The number of hydrogen-bond acceptors (Lipinski definition) is 7. The molecule has 5 fully saturated rings. The number of hydrogen-bond donors (Lipinski definition) is 5. The lowest BCUT2D eigenvalue weighted by molar-refractivity contribution is -0.193. The molecule has 224 valence electrons. The Kier molecular flexibility index (Phi) is 8.05. The quantitative estimate of drug-likeness (QED) is 0.193. The van der Waals surface area contributed by atoms with Crippen LogP contribution in [0, 0.1) is 28.6 Å². The van der Waals surface area contributed by atoms with E-state index in [0.717, 1.165) is 25.7 Å². The Morgan fingerprint density at radius 1 is 1.07 bits per heavy atom. The van der Waals surface area contributed by atoms with Crippen LogP contribution in [0.5, 0.6) is 0 Å². The third-order valence-corrected chi connectivity index (χ3v) is 12.1. The largest absolute Gasteiger partial charge is 0.478 e. The zero-order chi connectivity index (χ0) is 29.0. The van der Waals surface area contributed by atoms with Crippen molar-refractivity contribution in [3.63, 3.8) is 0 Å². The summed E-state index contributed by atoms with van der Waals surface area (Å²) in [4.78, 5) is 25.1. The van der Waals surface area contributed by atoms with E-state index in [1.165, 1.54) is 31.8 Å². The number of nitrogens with two attached hydrogens (primary N) is 2. The molecule has 0 bridgehead atoms. The predicted molar refractivity (Wildman–Crippen MR) is 152 cm³/mol. The molecule has 8 nitrogen and oxygen atoms in total. The predicted octanol–water partition coefficient (Wildman–Crippen LogP) is 3.97. The lowest BCUT2D eigenvalue weighted by atomic mass is 9.39. The van der Waals surface area contributed by atoms with E-state index in [4.69, 9.17) is 16.2 Å². The molecule has 0 aromatic rings. The molecule has 0 saturated heterocycles. The number of carboxylic acids is 1. The van der Waals surface area contributed by atoms with Gasteiger partial charge in [-0.15, -0.1) is 0 Å². The van der Waals surface area contributed by atoms with Crippen molar-refractivity contribution >= 4 is 11.9 Å². The fourth-order valence-electron chi connectivity index (χ4n) is 10.2. The first-order chi connectivity index (χ1) is 18.8. The molecule has 40 heavy (non-hydrogen) atoms. The molecular weight excluding hydrogens is 508 g/mol. The van der Waals surface area contributed by atoms with E-state index in [9.17, 15) is 24.9 Å². The minimum absolute atomic E-state index is 0.0517. The zero-order valence-electron chi connectivity index (χ0n) is 24.5. The van der Waals surface area contributed by atoms with Gasteiger partial charge >= 0.3 is 11.9 Å². The topological polar surface area (TPSA) is 156 Å². The number of aliphatic hydroxyl groups excluding tert-OH is 2. The highest BCUT2D eigenvalue weighted by molar-refractivity contribution is 5.88. The van der Waals surface area contributed by atoms with Crippen molar-refractivity contribution < 1.29 is 29.6 Å². The highest BCUT2D eigenvalue weighted by atomic mass is 16.5. The molecule has 0 amide bonds. The number of carboxylic acid groups (broad SMARTS) is 1. The van der Waals surface area contributed by atoms with E-state index in [2.05, 4.69) is 19.9 Å². The van der Waals surface area contributed by atoms with Gasteiger partial charge in [-0.25, -0.2) is 4.79 Å². The fraction of sp³-hybridized carbons (Fsp3) is 0.812. The molecule has 5 rings (SSSR count). The highest BCUT2D eigenvalue weighted by Crippen LogP contribution is 2.69. The van der Waals surface area contributed by atoms with Gasteiger partial charge in [0.2, 0.25) is 0 Å². The van der Waals surface area contributed by atoms with Gasteiger partial charge in [0, 0.05) is 30.0 Å². The van der Waals surface area contributed by atoms with E-state index >= 15 is 0 Å². The molecule has 5 aliphatic carbocycles. The molecule has 0 heterocycles. The number of carbonyl (C=O) groups excluding carboxylic acids is 1. The van der Waals surface area contributed by atoms with E-state index < -0.39 is 41.2 Å². The summed E-state index contributed by atoms with van der Waals surface area (Å²) in [6.07, 6.45) is 10.5. The third kappa shape index (κ3) is 4.67. The Morgan fingerprint density at radius 2 is 1.77 bits per heavy atom. The Balaban J connectivity index is 1.54. The molecule has 7 N–H and O–H groups in total. The molecule has 8 heteroatoms. The molecule has 0 radical (unpaired) electrons. The van der Waals surface area contributed by atoms with E-state index in [1.54, 1.807) is 0 Å². The molecular formula is C32H50N2O6. The van der Waals surface area contributed by atoms with E-state index in [-0.39, 0.29) is 29.2 Å². The maximum atomic E-state index is 12.8. The number of aliphatic carboxylic acids is 1. The standard InChI is InChI=1S/C32H50N2O6/c1-18(35)40-25-17-31(3)22(26(25)20(29(38)39)11-7-10-19-8-5-4-6-9-19)16-24(37)28-30(2)14-13-23(36)27(33)21(30)12-15-32(28,31)34/h10,21-25,27-28,36-37H,4-9,11-17,33-34H2,1-3H3,(H,38,39)/b26-20-/t21-,22-,23+,24+,25-,27-,28-,30-,31-,32+/m0/s1. The zero-order valence-corrected chi connectivity index (χ0v) is 24.5. The summed E-state index contributed by atoms with van der Waals surface area (Å²) in [6.45, 7) is 5.68. The van der Waals surface area contributed by atoms with Crippen molar-refractivity contribution in [2.24, 2.45) is 40.1 Å². The van der Waals surface area contributed by atoms with Gasteiger partial charge in [-0.1, -0.05) is 31.9 Å². The number of ether oxygens (including phenoxy) is 1. The number of esters is 1. The van der Waals surface area contributed by atoms with Crippen LogP contribution in [0.2, 0.25) is 0 Å². The van der Waals surface area contributed by atoms with Gasteiger partial charge in [-0.2, -0.15) is 0 Å². The minimum atomic E-state index is -0.982. The van der Waals surface area contributed by atoms with Crippen LogP contribution in [-0.2, 0) is 14.3 Å². The van der Waals surface area contributed by atoms with Crippen LogP contribution >= 0.6 is 0 Å². The van der Waals surface area contributed by atoms with E-state index in [1.807, 2.05) is 0 Å². The second-order valence-corrected chi connectivity index (χ2v) is 14.1. The number of fused-ring (bicyclic) bond motifs is 5. The first kappa shape index (κ1) is 29.7. The van der Waals surface area contributed by atoms with Gasteiger partial charge in [0.05, 0.1) is 12.2 Å². The van der Waals surface area contributed by atoms with Crippen molar-refractivity contribution in [1.82, 2.24) is 0 Å². The number of aliphatic hydroxyl groups is 2. The highest BCUT2D eigenvalue weighted by Gasteiger charge is 2.71. The van der Waals surface area contributed by atoms with Crippen LogP contribution in [-0.4, -0.2) is 57.2 Å². The average molecular weight is 559 g/mol. The molecule has 5 saturated carbocycles. The molecule has 0 aromatic carbocycles. The fourth-order valence-corrected chi connectivity index (χ4v) is 10.2. The van der Waals surface area contributed by atoms with Crippen LogP contribution < -0.4 is 11.5 Å². The van der Waals surface area contributed by atoms with Gasteiger partial charge in [-0.3, -0.25) is 4.79 Å². The van der Waals surface area contributed by atoms with Crippen molar-refractivity contribution in [3.05, 3.63) is 22.8 Å². The molecule has 0 unspecified atom stereocenters. The lowest BCUT2D eigenvalue weighted by Gasteiger charge is -2.68. The third-order valence-electron chi connectivity index (χ3n) is 12.1. The maximum absolute atomic E-state index is 12.8. The van der Waals surface area contributed by atoms with Gasteiger partial charge in [0.1, 0.15) is 6.10 Å². The van der Waals surface area contributed by atoms with Crippen LogP contribution in [0.1, 0.15) is 104 Å². The summed E-state index contributed by atoms with van der Waals surface area (Å²) in [7, 11) is 0. The Labute approximate surface area is 238 Å². The Hall–Kier alpha value is -1.74. The molecule has 0 spiro atoms. The number of allylic oxidation sites excluding steroid dienone is 2. The summed E-state index contributed by atoms with van der Waals surface area (Å²) in [5.74, 6) is -1.92. The van der Waals surface area contributed by atoms with Crippen LogP contribution in [0.3, 0.4) is 0 Å². The normalized spacial score (nSPS) is 46.1. The van der Waals surface area contributed by atoms with Crippen molar-refractivity contribution in [2.75, 3.05) is 0 Å². The Bertz CT molecular complexity index is 1080. The van der Waals surface area contributed by atoms with Crippen molar-refractivity contribution in [3.8, 4) is 0 Å². The van der Waals surface area contributed by atoms with Gasteiger partial charge in [0.15, 0.2) is 0 Å². The van der Waals surface area contributed by atoms with Crippen LogP contribution in [0.4, 0.5) is 0 Å². The second-order valence-electron chi connectivity index (χ2n) is 14.1. The minimum Gasteiger partial charge on any atom is -0.478 e. The van der Waals surface area contributed by atoms with Gasteiger partial charge in [0.25, 0.3) is 0 Å². The molecule has 0 aromatic heterocycles. The van der Waals surface area contributed by atoms with Crippen LogP contribution in [0.25, 0.3) is 0 Å². The summed E-state index contributed by atoms with van der Waals surface area (Å²) in [5, 5.41) is 32.9. The number of rotatable bonds is 5. The second kappa shape index (κ2) is 10.8. The van der Waals surface area contributed by atoms with Crippen LogP contribution in [0.15, 0.2) is 22.8 Å².